The first kappa shape index (κ1) is 8.04. The molecule has 1 heterocycles. The molecule has 4 nitrogen and oxygen atoms in total. The van der Waals surface area contributed by atoms with Gasteiger partial charge >= 0.3 is 5.97 Å². The highest BCUT2D eigenvalue weighted by Gasteiger charge is 2.21. The summed E-state index contributed by atoms with van der Waals surface area (Å²) >= 11 is 0. The van der Waals surface area contributed by atoms with E-state index in [-0.39, 0.29) is 5.91 Å². The first-order valence-electron chi connectivity index (χ1n) is 3.72. The van der Waals surface area contributed by atoms with Crippen molar-refractivity contribution in [1.82, 2.24) is 5.32 Å². The molecule has 0 bridgehead atoms. The van der Waals surface area contributed by atoms with Crippen LogP contribution < -0.4 is 5.32 Å². The summed E-state index contributed by atoms with van der Waals surface area (Å²) in [6.45, 7) is 0. The summed E-state index contributed by atoms with van der Waals surface area (Å²) in [5.74, 6) is -1.07. The van der Waals surface area contributed by atoms with Gasteiger partial charge in [-0.1, -0.05) is 6.42 Å². The summed E-state index contributed by atoms with van der Waals surface area (Å²) in [4.78, 5) is 21.3. The molecule has 0 radical (unpaired) electrons. The Hall–Kier alpha value is -1.06. The predicted molar refractivity (Wildman–Crippen MR) is 38.0 cm³/mol. The number of aliphatic carboxylic acids is 1. The largest absolute Gasteiger partial charge is 0.480 e. The van der Waals surface area contributed by atoms with Crippen molar-refractivity contribution in [2.24, 2.45) is 0 Å². The van der Waals surface area contributed by atoms with Gasteiger partial charge in [0.15, 0.2) is 0 Å². The van der Waals surface area contributed by atoms with Crippen LogP contribution in [-0.2, 0) is 9.59 Å². The van der Waals surface area contributed by atoms with E-state index in [4.69, 9.17) is 5.11 Å². The lowest BCUT2D eigenvalue weighted by atomic mass is 10.1. The van der Waals surface area contributed by atoms with Crippen LogP contribution >= 0.6 is 0 Å². The number of amides is 1. The average Bonchev–Trinajstić information content (AvgIpc) is 2.13. The van der Waals surface area contributed by atoms with Crippen LogP contribution in [0.3, 0.4) is 0 Å². The molecule has 0 spiro atoms. The van der Waals surface area contributed by atoms with E-state index in [0.29, 0.717) is 12.8 Å². The molecular weight excluding hydrogens is 146 g/mol. The summed E-state index contributed by atoms with van der Waals surface area (Å²) < 4.78 is 0. The van der Waals surface area contributed by atoms with Crippen molar-refractivity contribution in [2.75, 3.05) is 0 Å². The Bertz CT molecular complexity index is 179. The average molecular weight is 157 g/mol. The van der Waals surface area contributed by atoms with Gasteiger partial charge in [0.2, 0.25) is 5.91 Å². The van der Waals surface area contributed by atoms with E-state index in [1.165, 1.54) is 0 Å². The minimum Gasteiger partial charge on any atom is -0.480 e. The fourth-order valence-corrected chi connectivity index (χ4v) is 1.16. The van der Waals surface area contributed by atoms with Gasteiger partial charge in [0, 0.05) is 6.42 Å². The summed E-state index contributed by atoms with van der Waals surface area (Å²) in [5.41, 5.74) is 0. The molecule has 0 aromatic heterocycles. The number of nitrogens with one attached hydrogen (secondary N) is 1. The number of hydrogen-bond acceptors (Lipinski definition) is 2. The van der Waals surface area contributed by atoms with E-state index in [1.807, 2.05) is 0 Å². The van der Waals surface area contributed by atoms with E-state index in [0.717, 1.165) is 12.8 Å². The Kier molecular flexibility index (Phi) is 2.46. The molecule has 1 aliphatic heterocycles. The van der Waals surface area contributed by atoms with Gasteiger partial charge in [-0.3, -0.25) is 4.79 Å². The summed E-state index contributed by atoms with van der Waals surface area (Å²) in [6, 6.07) is -0.662. The van der Waals surface area contributed by atoms with Crippen molar-refractivity contribution >= 4 is 11.9 Å². The van der Waals surface area contributed by atoms with Crippen LogP contribution in [-0.4, -0.2) is 23.0 Å². The maximum atomic E-state index is 10.8. The molecule has 1 aliphatic rings. The first-order chi connectivity index (χ1) is 5.20. The Balaban J connectivity index is 2.52. The maximum Gasteiger partial charge on any atom is 0.326 e. The molecule has 2 N–H and O–H groups in total. The predicted octanol–water partition coefficient (Wildman–Crippen LogP) is 0.130. The van der Waals surface area contributed by atoms with Crippen molar-refractivity contribution in [3.8, 4) is 0 Å². The van der Waals surface area contributed by atoms with E-state index in [2.05, 4.69) is 5.32 Å². The normalized spacial score (nSPS) is 25.5. The molecule has 1 rings (SSSR count). The number of carbonyl (C=O) groups excluding carboxylic acids is 1. The van der Waals surface area contributed by atoms with Gasteiger partial charge < -0.3 is 10.4 Å². The molecular formula is C7H11NO3. The SMILES string of the molecule is O=C1CCCC[C@H](C(=O)O)N1. The number of carbonyl (C=O) groups is 2. The molecule has 1 amide bonds. The van der Waals surface area contributed by atoms with Crippen molar-refractivity contribution in [3.05, 3.63) is 0 Å². The molecule has 0 aromatic rings. The summed E-state index contributed by atoms with van der Waals surface area (Å²) in [5, 5.41) is 11.0. The molecule has 0 aliphatic carbocycles. The van der Waals surface area contributed by atoms with E-state index in [1.54, 1.807) is 0 Å². The minimum atomic E-state index is -0.930. The molecule has 0 unspecified atom stereocenters. The quantitative estimate of drug-likeness (QED) is 0.568. The molecule has 1 fully saturated rings. The van der Waals surface area contributed by atoms with Gasteiger partial charge in [-0.05, 0) is 12.8 Å². The molecule has 0 aromatic carbocycles. The van der Waals surface area contributed by atoms with E-state index in [9.17, 15) is 9.59 Å². The third-order valence-electron chi connectivity index (χ3n) is 1.78. The molecule has 1 saturated heterocycles. The molecule has 1 atom stereocenters. The molecule has 62 valence electrons. The van der Waals surface area contributed by atoms with Crippen LogP contribution in [0.5, 0.6) is 0 Å². The smallest absolute Gasteiger partial charge is 0.326 e. The standard InChI is InChI=1S/C7H11NO3/c9-6-4-2-1-3-5(8-6)7(10)11/h5H,1-4H2,(H,8,9)(H,10,11)/t5-/m1/s1. The number of rotatable bonds is 1. The Morgan fingerprint density at radius 3 is 2.91 bits per heavy atom. The lowest BCUT2D eigenvalue weighted by Crippen LogP contribution is -2.38. The minimum absolute atomic E-state index is 0.144. The van der Waals surface area contributed by atoms with Gasteiger partial charge in [0.25, 0.3) is 0 Å². The molecule has 11 heavy (non-hydrogen) atoms. The van der Waals surface area contributed by atoms with Crippen LogP contribution in [0, 0.1) is 0 Å². The number of hydrogen-bond donors (Lipinski definition) is 2. The highest BCUT2D eigenvalue weighted by molar-refractivity contribution is 5.83. The summed E-state index contributed by atoms with van der Waals surface area (Å²) in [7, 11) is 0. The monoisotopic (exact) mass is 157 g/mol. The van der Waals surface area contributed by atoms with Gasteiger partial charge in [0.1, 0.15) is 6.04 Å². The van der Waals surface area contributed by atoms with Crippen molar-refractivity contribution < 1.29 is 14.7 Å². The third kappa shape index (κ3) is 2.22. The fraction of sp³-hybridized carbons (Fsp3) is 0.714. The van der Waals surface area contributed by atoms with E-state index < -0.39 is 12.0 Å². The van der Waals surface area contributed by atoms with Crippen LogP contribution in [0.4, 0.5) is 0 Å². The Morgan fingerprint density at radius 1 is 1.55 bits per heavy atom. The third-order valence-corrected chi connectivity index (χ3v) is 1.78. The van der Waals surface area contributed by atoms with Gasteiger partial charge in [0.05, 0.1) is 0 Å². The first-order valence-corrected chi connectivity index (χ1v) is 3.72. The zero-order valence-electron chi connectivity index (χ0n) is 6.17. The molecule has 0 saturated carbocycles. The second-order valence-corrected chi connectivity index (χ2v) is 2.70. The van der Waals surface area contributed by atoms with Crippen LogP contribution in [0.25, 0.3) is 0 Å². The fourth-order valence-electron chi connectivity index (χ4n) is 1.16. The number of carboxylic acids is 1. The van der Waals surface area contributed by atoms with Crippen molar-refractivity contribution in [3.63, 3.8) is 0 Å². The zero-order valence-corrected chi connectivity index (χ0v) is 6.17. The van der Waals surface area contributed by atoms with Crippen LogP contribution in [0.1, 0.15) is 25.7 Å². The maximum absolute atomic E-state index is 10.8. The van der Waals surface area contributed by atoms with Gasteiger partial charge in [-0.2, -0.15) is 0 Å². The lowest BCUT2D eigenvalue weighted by molar-refractivity contribution is -0.141. The van der Waals surface area contributed by atoms with Crippen molar-refractivity contribution in [1.29, 1.82) is 0 Å². The second-order valence-electron chi connectivity index (χ2n) is 2.70. The number of carboxylic acid groups (broad SMARTS) is 1. The molecule has 4 heteroatoms. The highest BCUT2D eigenvalue weighted by Crippen LogP contribution is 2.08. The second kappa shape index (κ2) is 3.37. The van der Waals surface area contributed by atoms with Gasteiger partial charge in [-0.25, -0.2) is 4.79 Å². The Morgan fingerprint density at radius 2 is 2.27 bits per heavy atom. The lowest BCUT2D eigenvalue weighted by Gasteiger charge is -2.08. The Labute approximate surface area is 64.6 Å². The van der Waals surface area contributed by atoms with Crippen LogP contribution in [0.2, 0.25) is 0 Å². The topological polar surface area (TPSA) is 66.4 Å². The van der Waals surface area contributed by atoms with E-state index >= 15 is 0 Å². The van der Waals surface area contributed by atoms with Crippen LogP contribution in [0.15, 0.2) is 0 Å². The zero-order chi connectivity index (χ0) is 8.27. The summed E-state index contributed by atoms with van der Waals surface area (Å²) in [6.07, 6.45) is 2.64. The van der Waals surface area contributed by atoms with Gasteiger partial charge in [-0.15, -0.1) is 0 Å². The van der Waals surface area contributed by atoms with Crippen molar-refractivity contribution in [2.45, 2.75) is 31.7 Å². The highest BCUT2D eigenvalue weighted by atomic mass is 16.4.